The van der Waals surface area contributed by atoms with Crippen molar-refractivity contribution in [1.29, 1.82) is 0 Å². The third-order valence-electron chi connectivity index (χ3n) is 3.23. The Morgan fingerprint density at radius 2 is 2.35 bits per heavy atom. The lowest BCUT2D eigenvalue weighted by Gasteiger charge is -2.15. The van der Waals surface area contributed by atoms with E-state index in [1.165, 1.54) is 0 Å². The molecule has 1 heterocycles. The van der Waals surface area contributed by atoms with E-state index in [1.54, 1.807) is 6.20 Å². The summed E-state index contributed by atoms with van der Waals surface area (Å²) in [5, 5.41) is 4.90. The molecule has 1 aliphatic rings. The van der Waals surface area contributed by atoms with Crippen LogP contribution in [-0.2, 0) is 11.3 Å². The predicted octanol–water partition coefficient (Wildman–Crippen LogP) is 1.93. The van der Waals surface area contributed by atoms with E-state index in [-0.39, 0.29) is 5.92 Å². The molecule has 0 amide bonds. The molecule has 4 nitrogen and oxygen atoms in total. The van der Waals surface area contributed by atoms with Crippen LogP contribution in [0.5, 0.6) is 0 Å². The Kier molecular flexibility index (Phi) is 3.84. The summed E-state index contributed by atoms with van der Waals surface area (Å²) in [7, 11) is 4.04. The lowest BCUT2D eigenvalue weighted by molar-refractivity contribution is -0.118. The average Bonchev–Trinajstić information content (AvgIpc) is 2.82. The van der Waals surface area contributed by atoms with Crippen molar-refractivity contribution in [3.8, 4) is 0 Å². The molecule has 94 valence electrons. The number of ketones is 1. The van der Waals surface area contributed by atoms with Crippen molar-refractivity contribution < 1.29 is 4.79 Å². The molecule has 1 aliphatic carbocycles. The minimum atomic E-state index is -0.0350. The van der Waals surface area contributed by atoms with E-state index >= 15 is 0 Å². The number of hydrogen-bond acceptors (Lipinski definition) is 3. The largest absolute Gasteiger partial charge is 0.308 e. The van der Waals surface area contributed by atoms with Crippen LogP contribution in [0.15, 0.2) is 6.20 Å². The SMILES string of the molecule is CN(C)CCn1ncc(Cl)c1C1CCCC1=O. The van der Waals surface area contributed by atoms with E-state index in [0.717, 1.165) is 31.6 Å². The normalized spacial score (nSPS) is 20.5. The summed E-state index contributed by atoms with van der Waals surface area (Å²) in [6, 6.07) is 0. The van der Waals surface area contributed by atoms with Crippen molar-refractivity contribution in [3.05, 3.63) is 16.9 Å². The second kappa shape index (κ2) is 5.19. The molecule has 1 saturated carbocycles. The second-order valence-corrected chi connectivity index (χ2v) is 5.22. The van der Waals surface area contributed by atoms with Crippen LogP contribution in [0.4, 0.5) is 0 Å². The summed E-state index contributed by atoms with van der Waals surface area (Å²) >= 11 is 6.16. The quantitative estimate of drug-likeness (QED) is 0.825. The maximum Gasteiger partial charge on any atom is 0.141 e. The van der Waals surface area contributed by atoms with Gasteiger partial charge in [-0.2, -0.15) is 5.10 Å². The van der Waals surface area contributed by atoms with Crippen LogP contribution in [0.3, 0.4) is 0 Å². The third-order valence-corrected chi connectivity index (χ3v) is 3.52. The number of nitrogens with zero attached hydrogens (tertiary/aromatic N) is 3. The first-order chi connectivity index (χ1) is 8.09. The number of halogens is 1. The Morgan fingerprint density at radius 1 is 1.59 bits per heavy atom. The van der Waals surface area contributed by atoms with Crippen LogP contribution in [0, 0.1) is 0 Å². The highest BCUT2D eigenvalue weighted by Gasteiger charge is 2.30. The topological polar surface area (TPSA) is 38.1 Å². The van der Waals surface area contributed by atoms with Gasteiger partial charge in [0.05, 0.1) is 29.4 Å². The van der Waals surface area contributed by atoms with Crippen molar-refractivity contribution in [1.82, 2.24) is 14.7 Å². The monoisotopic (exact) mass is 255 g/mol. The van der Waals surface area contributed by atoms with Gasteiger partial charge in [-0.15, -0.1) is 0 Å². The van der Waals surface area contributed by atoms with Gasteiger partial charge in [-0.3, -0.25) is 9.48 Å². The van der Waals surface area contributed by atoms with Gasteiger partial charge >= 0.3 is 0 Å². The van der Waals surface area contributed by atoms with E-state index in [9.17, 15) is 4.79 Å². The van der Waals surface area contributed by atoms with Crippen molar-refractivity contribution in [2.45, 2.75) is 31.7 Å². The zero-order chi connectivity index (χ0) is 12.4. The Morgan fingerprint density at radius 3 is 2.94 bits per heavy atom. The molecule has 1 fully saturated rings. The van der Waals surface area contributed by atoms with Crippen LogP contribution >= 0.6 is 11.6 Å². The zero-order valence-corrected chi connectivity index (χ0v) is 11.1. The number of carbonyl (C=O) groups excluding carboxylic acids is 1. The first-order valence-electron chi connectivity index (χ1n) is 5.98. The van der Waals surface area contributed by atoms with Gasteiger partial charge in [-0.25, -0.2) is 0 Å². The average molecular weight is 256 g/mol. The van der Waals surface area contributed by atoms with Crippen LogP contribution in [0.2, 0.25) is 5.02 Å². The standard InChI is InChI=1S/C12H18ClN3O/c1-15(2)6-7-16-12(10(13)8-14-16)9-4-3-5-11(9)17/h8-9H,3-7H2,1-2H3. The molecular formula is C12H18ClN3O. The highest BCUT2D eigenvalue weighted by molar-refractivity contribution is 6.31. The lowest BCUT2D eigenvalue weighted by Crippen LogP contribution is -2.21. The molecule has 0 aliphatic heterocycles. The summed E-state index contributed by atoms with van der Waals surface area (Å²) < 4.78 is 1.89. The molecule has 0 aromatic carbocycles. The Bertz CT molecular complexity index is 414. The number of rotatable bonds is 4. The van der Waals surface area contributed by atoms with Gasteiger partial charge in [0.1, 0.15) is 5.78 Å². The molecule has 0 saturated heterocycles. The molecule has 0 radical (unpaired) electrons. The molecule has 17 heavy (non-hydrogen) atoms. The van der Waals surface area contributed by atoms with E-state index in [2.05, 4.69) is 10.00 Å². The molecule has 0 N–H and O–H groups in total. The Labute approximate surface area is 107 Å². The fourth-order valence-electron chi connectivity index (χ4n) is 2.30. The molecule has 5 heteroatoms. The van der Waals surface area contributed by atoms with Crippen LogP contribution in [0.25, 0.3) is 0 Å². The fraction of sp³-hybridized carbons (Fsp3) is 0.667. The lowest BCUT2D eigenvalue weighted by atomic mass is 10.0. The second-order valence-electron chi connectivity index (χ2n) is 4.82. The molecule has 1 unspecified atom stereocenters. The van der Waals surface area contributed by atoms with Gasteiger partial charge < -0.3 is 4.90 Å². The Balaban J connectivity index is 2.20. The fourth-order valence-corrected chi connectivity index (χ4v) is 2.57. The number of Topliss-reactive ketones (excluding diaryl/α,β-unsaturated/α-hetero) is 1. The van der Waals surface area contributed by atoms with Crippen LogP contribution in [-0.4, -0.2) is 41.1 Å². The Hall–Kier alpha value is -0.870. The number of likely N-dealkylation sites (N-methyl/N-ethyl adjacent to an activating group) is 1. The smallest absolute Gasteiger partial charge is 0.141 e. The maximum atomic E-state index is 11.8. The molecular weight excluding hydrogens is 238 g/mol. The van der Waals surface area contributed by atoms with Crippen LogP contribution < -0.4 is 0 Å². The van der Waals surface area contributed by atoms with Gasteiger partial charge in [-0.05, 0) is 26.9 Å². The van der Waals surface area contributed by atoms with Crippen molar-refractivity contribution in [2.24, 2.45) is 0 Å². The summed E-state index contributed by atoms with van der Waals surface area (Å²) in [6.07, 6.45) is 4.21. The molecule has 1 aromatic heterocycles. The van der Waals surface area contributed by atoms with Gasteiger partial charge in [-0.1, -0.05) is 11.6 Å². The summed E-state index contributed by atoms with van der Waals surface area (Å²) in [5.41, 5.74) is 0.913. The predicted molar refractivity (Wildman–Crippen MR) is 67.4 cm³/mol. The summed E-state index contributed by atoms with van der Waals surface area (Å²) in [4.78, 5) is 13.9. The van der Waals surface area contributed by atoms with Crippen molar-refractivity contribution in [3.63, 3.8) is 0 Å². The van der Waals surface area contributed by atoms with Crippen LogP contribution in [0.1, 0.15) is 30.9 Å². The zero-order valence-electron chi connectivity index (χ0n) is 10.3. The molecule has 2 rings (SSSR count). The van der Waals surface area contributed by atoms with E-state index in [4.69, 9.17) is 11.6 Å². The first kappa shape index (κ1) is 12.6. The van der Waals surface area contributed by atoms with E-state index in [0.29, 0.717) is 17.2 Å². The molecule has 1 atom stereocenters. The van der Waals surface area contributed by atoms with Gasteiger partial charge in [0.2, 0.25) is 0 Å². The third kappa shape index (κ3) is 2.69. The molecule has 0 spiro atoms. The molecule has 1 aromatic rings. The van der Waals surface area contributed by atoms with E-state index < -0.39 is 0 Å². The highest BCUT2D eigenvalue weighted by atomic mass is 35.5. The van der Waals surface area contributed by atoms with Gasteiger partial charge in [0.25, 0.3) is 0 Å². The minimum Gasteiger partial charge on any atom is -0.308 e. The van der Waals surface area contributed by atoms with E-state index in [1.807, 2.05) is 18.8 Å². The summed E-state index contributed by atoms with van der Waals surface area (Å²) in [5.74, 6) is 0.269. The number of hydrogen-bond donors (Lipinski definition) is 0. The first-order valence-corrected chi connectivity index (χ1v) is 6.36. The number of aromatic nitrogens is 2. The van der Waals surface area contributed by atoms with Crippen molar-refractivity contribution in [2.75, 3.05) is 20.6 Å². The summed E-state index contributed by atoms with van der Waals surface area (Å²) in [6.45, 7) is 1.67. The minimum absolute atomic E-state index is 0.0350. The molecule has 0 bridgehead atoms. The van der Waals surface area contributed by atoms with Gasteiger partial charge in [0, 0.05) is 13.0 Å². The highest BCUT2D eigenvalue weighted by Crippen LogP contribution is 2.34. The van der Waals surface area contributed by atoms with Crippen molar-refractivity contribution >= 4 is 17.4 Å². The number of carbonyl (C=O) groups is 1. The maximum absolute atomic E-state index is 11.8. The van der Waals surface area contributed by atoms with Gasteiger partial charge in [0.15, 0.2) is 0 Å².